The van der Waals surface area contributed by atoms with Crippen molar-refractivity contribution >= 4 is 22.7 Å². The van der Waals surface area contributed by atoms with Crippen LogP contribution in [0, 0.1) is 0 Å². The lowest BCUT2D eigenvalue weighted by molar-refractivity contribution is 0.541. The van der Waals surface area contributed by atoms with E-state index in [9.17, 15) is 4.79 Å². The minimum atomic E-state index is -0.158. The van der Waals surface area contributed by atoms with Gasteiger partial charge in [0.05, 0.1) is 12.2 Å². The van der Waals surface area contributed by atoms with Gasteiger partial charge in [0.15, 0.2) is 5.65 Å². The molecule has 0 saturated heterocycles. The average Bonchev–Trinajstić information content (AvgIpc) is 3.10. The minimum absolute atomic E-state index is 0.136. The summed E-state index contributed by atoms with van der Waals surface area (Å²) in [7, 11) is 0. The number of rotatable bonds is 5. The highest BCUT2D eigenvalue weighted by molar-refractivity contribution is 5.77. The van der Waals surface area contributed by atoms with Gasteiger partial charge in [0.1, 0.15) is 5.39 Å². The quantitative estimate of drug-likeness (QED) is 0.421. The molecule has 1 aromatic carbocycles. The molecule has 8 nitrogen and oxygen atoms in total. The van der Waals surface area contributed by atoms with Gasteiger partial charge in [0.2, 0.25) is 5.95 Å². The molecule has 4 heterocycles. The summed E-state index contributed by atoms with van der Waals surface area (Å²) >= 11 is 0. The SMILES string of the molecule is C=CCn1c(=O)c2cnc(Nc3ccc4c(c3)C(C)NCC4)nc2n1-c1ccnc(C(C)(C)C)c1. The first-order valence-electron chi connectivity index (χ1n) is 12.0. The van der Waals surface area contributed by atoms with Crippen LogP contribution >= 0.6 is 0 Å². The zero-order valence-electron chi connectivity index (χ0n) is 20.7. The molecule has 180 valence electrons. The van der Waals surface area contributed by atoms with Gasteiger partial charge >= 0.3 is 0 Å². The van der Waals surface area contributed by atoms with Gasteiger partial charge < -0.3 is 10.6 Å². The average molecular weight is 470 g/mol. The normalized spacial score (nSPS) is 15.7. The Morgan fingerprint density at radius 1 is 1.23 bits per heavy atom. The highest BCUT2D eigenvalue weighted by atomic mass is 16.1. The summed E-state index contributed by atoms with van der Waals surface area (Å²) in [5, 5.41) is 7.29. The Morgan fingerprint density at radius 2 is 2.06 bits per heavy atom. The van der Waals surface area contributed by atoms with Crippen molar-refractivity contribution in [3.05, 3.63) is 82.6 Å². The number of pyridine rings is 1. The summed E-state index contributed by atoms with van der Waals surface area (Å²) in [6.45, 7) is 13.7. The van der Waals surface area contributed by atoms with Crippen molar-refractivity contribution in [1.29, 1.82) is 0 Å². The molecule has 0 saturated carbocycles. The highest BCUT2D eigenvalue weighted by Gasteiger charge is 2.21. The fourth-order valence-electron chi connectivity index (χ4n) is 4.57. The summed E-state index contributed by atoms with van der Waals surface area (Å²) < 4.78 is 3.46. The monoisotopic (exact) mass is 469 g/mol. The van der Waals surface area contributed by atoms with Gasteiger partial charge in [0.25, 0.3) is 5.56 Å². The molecule has 0 bridgehead atoms. The van der Waals surface area contributed by atoms with E-state index in [2.05, 4.69) is 73.1 Å². The number of allylic oxidation sites excluding steroid dienone is 1. The zero-order chi connectivity index (χ0) is 24.7. The van der Waals surface area contributed by atoms with E-state index in [1.54, 1.807) is 23.2 Å². The minimum Gasteiger partial charge on any atom is -0.324 e. The largest absolute Gasteiger partial charge is 0.324 e. The lowest BCUT2D eigenvalue weighted by Crippen LogP contribution is -2.27. The Kier molecular flexibility index (Phi) is 5.76. The van der Waals surface area contributed by atoms with Crippen molar-refractivity contribution in [2.24, 2.45) is 0 Å². The third kappa shape index (κ3) is 4.25. The van der Waals surface area contributed by atoms with E-state index in [0.717, 1.165) is 30.0 Å². The van der Waals surface area contributed by atoms with Gasteiger partial charge in [-0.25, -0.2) is 14.3 Å². The summed E-state index contributed by atoms with van der Waals surface area (Å²) in [4.78, 5) is 27.0. The highest BCUT2D eigenvalue weighted by Crippen LogP contribution is 2.28. The summed E-state index contributed by atoms with van der Waals surface area (Å²) in [6.07, 6.45) is 6.09. The van der Waals surface area contributed by atoms with Gasteiger partial charge in [-0.2, -0.15) is 4.98 Å². The Labute approximate surface area is 204 Å². The number of nitrogens with zero attached hydrogens (tertiary/aromatic N) is 5. The van der Waals surface area contributed by atoms with Crippen LogP contribution in [0.15, 0.2) is 60.2 Å². The van der Waals surface area contributed by atoms with E-state index in [1.165, 1.54) is 11.1 Å². The molecule has 0 radical (unpaired) electrons. The fraction of sp³-hybridized carbons (Fsp3) is 0.333. The van der Waals surface area contributed by atoms with E-state index in [0.29, 0.717) is 29.6 Å². The predicted molar refractivity (Wildman–Crippen MR) is 140 cm³/mol. The molecule has 1 aliphatic rings. The number of hydrogen-bond donors (Lipinski definition) is 2. The van der Waals surface area contributed by atoms with Crippen LogP contribution in [-0.2, 0) is 18.4 Å². The molecule has 0 spiro atoms. The van der Waals surface area contributed by atoms with Crippen LogP contribution in [0.2, 0.25) is 0 Å². The molecule has 1 aliphatic heterocycles. The number of benzene rings is 1. The van der Waals surface area contributed by atoms with Crippen LogP contribution < -0.4 is 16.2 Å². The van der Waals surface area contributed by atoms with Crippen LogP contribution in [0.1, 0.15) is 50.6 Å². The lowest BCUT2D eigenvalue weighted by atomic mass is 9.91. The number of aromatic nitrogens is 5. The first-order valence-corrected chi connectivity index (χ1v) is 12.0. The molecule has 0 amide bonds. The third-order valence-electron chi connectivity index (χ3n) is 6.45. The van der Waals surface area contributed by atoms with Crippen molar-refractivity contribution in [1.82, 2.24) is 29.6 Å². The van der Waals surface area contributed by atoms with Crippen molar-refractivity contribution in [3.8, 4) is 5.69 Å². The van der Waals surface area contributed by atoms with Crippen molar-refractivity contribution in [2.45, 2.75) is 52.1 Å². The summed E-state index contributed by atoms with van der Waals surface area (Å²) in [5.41, 5.74) is 5.54. The second kappa shape index (κ2) is 8.78. The third-order valence-corrected chi connectivity index (χ3v) is 6.45. The molecule has 2 N–H and O–H groups in total. The van der Waals surface area contributed by atoms with E-state index in [-0.39, 0.29) is 11.0 Å². The lowest BCUT2D eigenvalue weighted by Gasteiger charge is -2.24. The van der Waals surface area contributed by atoms with Gasteiger partial charge in [0, 0.05) is 35.2 Å². The Hall–Kier alpha value is -3.78. The standard InChI is InChI=1S/C27H31N7O/c1-6-13-33-25(35)22-16-30-26(31-19-8-7-18-9-11-28-17(2)21(18)14-19)32-24(22)34(33)20-10-12-29-23(15-20)27(3,4)5/h6-8,10,12,14-17,28H,1,9,11,13H2,2-5H3,(H,30,31,32). The molecular formula is C27H31N7O. The topological polar surface area (TPSA) is 89.7 Å². The summed E-state index contributed by atoms with van der Waals surface area (Å²) in [5.74, 6) is 0.434. The number of nitrogens with one attached hydrogen (secondary N) is 2. The second-order valence-electron chi connectivity index (χ2n) is 10.0. The molecule has 1 atom stereocenters. The van der Waals surface area contributed by atoms with Crippen LogP contribution in [0.3, 0.4) is 0 Å². The van der Waals surface area contributed by atoms with Crippen molar-refractivity contribution < 1.29 is 0 Å². The Balaban J connectivity index is 1.62. The molecule has 0 aliphatic carbocycles. The number of fused-ring (bicyclic) bond motifs is 2. The first kappa shape index (κ1) is 23.0. The van der Waals surface area contributed by atoms with E-state index < -0.39 is 0 Å². The number of anilines is 2. The molecule has 3 aromatic heterocycles. The van der Waals surface area contributed by atoms with E-state index >= 15 is 0 Å². The first-order chi connectivity index (χ1) is 16.8. The van der Waals surface area contributed by atoms with Crippen LogP contribution in [0.4, 0.5) is 11.6 Å². The molecule has 0 fully saturated rings. The predicted octanol–water partition coefficient (Wildman–Crippen LogP) is 4.41. The van der Waals surface area contributed by atoms with Crippen LogP contribution in [-0.4, -0.2) is 30.9 Å². The maximum Gasteiger partial charge on any atom is 0.278 e. The molecule has 35 heavy (non-hydrogen) atoms. The van der Waals surface area contributed by atoms with E-state index in [1.807, 2.05) is 16.8 Å². The van der Waals surface area contributed by atoms with Gasteiger partial charge in [-0.05, 0) is 55.3 Å². The Bertz CT molecular complexity index is 1480. The second-order valence-corrected chi connectivity index (χ2v) is 10.0. The molecular weight excluding hydrogens is 438 g/mol. The molecule has 4 aromatic rings. The smallest absolute Gasteiger partial charge is 0.278 e. The zero-order valence-corrected chi connectivity index (χ0v) is 20.7. The number of hydrogen-bond acceptors (Lipinski definition) is 6. The maximum absolute atomic E-state index is 13.2. The van der Waals surface area contributed by atoms with Gasteiger partial charge in [-0.1, -0.05) is 32.9 Å². The van der Waals surface area contributed by atoms with Gasteiger partial charge in [-0.15, -0.1) is 6.58 Å². The van der Waals surface area contributed by atoms with Gasteiger partial charge in [-0.3, -0.25) is 9.78 Å². The molecule has 1 unspecified atom stereocenters. The van der Waals surface area contributed by atoms with E-state index in [4.69, 9.17) is 4.98 Å². The summed E-state index contributed by atoms with van der Waals surface area (Å²) in [6, 6.07) is 10.6. The van der Waals surface area contributed by atoms with Crippen molar-refractivity contribution in [2.75, 3.05) is 11.9 Å². The molecule has 8 heteroatoms. The fourth-order valence-corrected chi connectivity index (χ4v) is 4.57. The Morgan fingerprint density at radius 3 is 2.83 bits per heavy atom. The maximum atomic E-state index is 13.2. The van der Waals surface area contributed by atoms with Crippen LogP contribution in [0.5, 0.6) is 0 Å². The molecule has 5 rings (SSSR count). The van der Waals surface area contributed by atoms with Crippen LogP contribution in [0.25, 0.3) is 16.7 Å². The van der Waals surface area contributed by atoms with Crippen molar-refractivity contribution in [3.63, 3.8) is 0 Å².